The maximum absolute atomic E-state index is 12.6. The molecule has 1 fully saturated rings. The fourth-order valence-electron chi connectivity index (χ4n) is 2.39. The highest BCUT2D eigenvalue weighted by Crippen LogP contribution is 2.42. The predicted octanol–water partition coefficient (Wildman–Crippen LogP) is 2.20. The van der Waals surface area contributed by atoms with E-state index in [-0.39, 0.29) is 24.2 Å². The van der Waals surface area contributed by atoms with Crippen LogP contribution >= 0.6 is 0 Å². The van der Waals surface area contributed by atoms with E-state index in [2.05, 4.69) is 0 Å². The van der Waals surface area contributed by atoms with Crippen molar-refractivity contribution in [2.75, 3.05) is 17.7 Å². The minimum Gasteiger partial charge on any atom is -0.495 e. The second-order valence-corrected chi connectivity index (χ2v) is 5.71. The van der Waals surface area contributed by atoms with Gasteiger partial charge in [0, 0.05) is 12.5 Å². The fourth-order valence-corrected chi connectivity index (χ4v) is 2.39. The average molecular weight is 276 g/mol. The molecule has 20 heavy (non-hydrogen) atoms. The molecule has 0 radical (unpaired) electrons. The molecular weight excluding hydrogens is 256 g/mol. The van der Waals surface area contributed by atoms with E-state index < -0.39 is 5.41 Å². The maximum atomic E-state index is 12.6. The molecule has 1 aromatic rings. The smallest absolute Gasteiger partial charge is 0.240 e. The molecule has 0 aliphatic carbocycles. The monoisotopic (exact) mass is 276 g/mol. The Morgan fingerprint density at radius 1 is 1.35 bits per heavy atom. The Hall–Kier alpha value is -2.04. The van der Waals surface area contributed by atoms with Crippen LogP contribution in [0.15, 0.2) is 18.2 Å². The number of ether oxygens (including phenoxy) is 1. The Morgan fingerprint density at radius 2 is 2.00 bits per heavy atom. The van der Waals surface area contributed by atoms with Gasteiger partial charge < -0.3 is 10.5 Å². The minimum absolute atomic E-state index is 0.0969. The van der Waals surface area contributed by atoms with Gasteiger partial charge in [-0.1, -0.05) is 13.8 Å². The molecule has 1 aliphatic heterocycles. The van der Waals surface area contributed by atoms with Gasteiger partial charge in [-0.05, 0) is 25.0 Å². The second-order valence-electron chi connectivity index (χ2n) is 5.71. The van der Waals surface area contributed by atoms with E-state index in [0.29, 0.717) is 17.1 Å². The zero-order valence-corrected chi connectivity index (χ0v) is 12.3. The number of nitrogens with zero attached hydrogens (tertiary/aromatic N) is 1. The summed E-state index contributed by atoms with van der Waals surface area (Å²) >= 11 is 0. The molecule has 0 saturated carbocycles. The summed E-state index contributed by atoms with van der Waals surface area (Å²) in [6, 6.07) is 4.93. The molecule has 5 nitrogen and oxygen atoms in total. The number of imide groups is 1. The lowest BCUT2D eigenvalue weighted by atomic mass is 9.78. The third-order valence-electron chi connectivity index (χ3n) is 4.21. The first-order chi connectivity index (χ1) is 9.31. The van der Waals surface area contributed by atoms with Crippen molar-refractivity contribution in [2.24, 2.45) is 11.3 Å². The largest absolute Gasteiger partial charge is 0.495 e. The van der Waals surface area contributed by atoms with Crippen LogP contribution in [0.2, 0.25) is 0 Å². The van der Waals surface area contributed by atoms with Crippen LogP contribution in [0.5, 0.6) is 5.75 Å². The molecule has 2 N–H and O–H groups in total. The summed E-state index contributed by atoms with van der Waals surface area (Å²) < 4.78 is 5.14. The van der Waals surface area contributed by atoms with Crippen LogP contribution in [0.4, 0.5) is 11.4 Å². The molecule has 1 heterocycles. The Kier molecular flexibility index (Phi) is 3.46. The number of rotatable bonds is 3. The van der Waals surface area contributed by atoms with Crippen molar-refractivity contribution in [3.05, 3.63) is 18.2 Å². The minimum atomic E-state index is -0.647. The number of nitrogen functional groups attached to an aromatic ring is 1. The van der Waals surface area contributed by atoms with E-state index in [0.717, 1.165) is 0 Å². The number of carbonyl (C=O) groups excluding carboxylic acids is 2. The van der Waals surface area contributed by atoms with E-state index in [4.69, 9.17) is 10.5 Å². The van der Waals surface area contributed by atoms with Gasteiger partial charge in [-0.15, -0.1) is 0 Å². The molecule has 0 spiro atoms. The number of amides is 2. The Balaban J connectivity index is 2.43. The van der Waals surface area contributed by atoms with Gasteiger partial charge in [0.1, 0.15) is 5.75 Å². The van der Waals surface area contributed by atoms with Crippen LogP contribution in [0.25, 0.3) is 0 Å². The Labute approximate surface area is 118 Å². The molecule has 1 atom stereocenters. The Bertz CT molecular complexity index is 568. The van der Waals surface area contributed by atoms with Crippen molar-refractivity contribution in [3.8, 4) is 5.75 Å². The summed E-state index contributed by atoms with van der Waals surface area (Å²) in [5.41, 5.74) is 6.09. The normalized spacial score (nSPS) is 22.8. The van der Waals surface area contributed by atoms with E-state index in [9.17, 15) is 9.59 Å². The molecule has 1 aromatic carbocycles. The van der Waals surface area contributed by atoms with Gasteiger partial charge >= 0.3 is 0 Å². The second kappa shape index (κ2) is 4.81. The van der Waals surface area contributed by atoms with Gasteiger partial charge in [0.15, 0.2) is 0 Å². The van der Waals surface area contributed by atoms with Gasteiger partial charge in [0.2, 0.25) is 11.8 Å². The van der Waals surface area contributed by atoms with Crippen molar-refractivity contribution >= 4 is 23.2 Å². The lowest BCUT2D eigenvalue weighted by Crippen LogP contribution is -2.36. The summed E-state index contributed by atoms with van der Waals surface area (Å²) in [6.07, 6.45) is 0.232. The molecule has 2 rings (SSSR count). The van der Waals surface area contributed by atoms with Gasteiger partial charge in [-0.3, -0.25) is 9.59 Å². The van der Waals surface area contributed by atoms with Gasteiger partial charge in [-0.25, -0.2) is 4.90 Å². The highest BCUT2D eigenvalue weighted by molar-refractivity contribution is 6.22. The van der Waals surface area contributed by atoms with Crippen LogP contribution < -0.4 is 15.4 Å². The molecular formula is C15H20N2O3. The van der Waals surface area contributed by atoms with Crippen LogP contribution in [0.1, 0.15) is 27.2 Å². The van der Waals surface area contributed by atoms with Crippen molar-refractivity contribution in [3.63, 3.8) is 0 Å². The summed E-state index contributed by atoms with van der Waals surface area (Å²) in [4.78, 5) is 26.1. The molecule has 0 bridgehead atoms. The number of hydrogen-bond donors (Lipinski definition) is 1. The van der Waals surface area contributed by atoms with Crippen molar-refractivity contribution in [2.45, 2.75) is 27.2 Å². The zero-order chi connectivity index (χ0) is 15.1. The van der Waals surface area contributed by atoms with Crippen molar-refractivity contribution in [1.82, 2.24) is 0 Å². The molecule has 5 heteroatoms. The molecule has 0 aromatic heterocycles. The third kappa shape index (κ3) is 2.03. The molecule has 1 aliphatic rings. The van der Waals surface area contributed by atoms with E-state index >= 15 is 0 Å². The zero-order valence-electron chi connectivity index (χ0n) is 12.3. The number of methoxy groups -OCH3 is 1. The lowest BCUT2D eigenvalue weighted by Gasteiger charge is -2.26. The number of anilines is 2. The highest BCUT2D eigenvalue weighted by Gasteiger charge is 2.50. The van der Waals surface area contributed by atoms with Crippen LogP contribution in [-0.4, -0.2) is 18.9 Å². The van der Waals surface area contributed by atoms with Gasteiger partial charge in [0.25, 0.3) is 0 Å². The van der Waals surface area contributed by atoms with Gasteiger partial charge in [-0.2, -0.15) is 0 Å². The topological polar surface area (TPSA) is 72.6 Å². The molecule has 108 valence electrons. The molecule has 2 amide bonds. The maximum Gasteiger partial charge on any atom is 0.240 e. The van der Waals surface area contributed by atoms with E-state index in [1.165, 1.54) is 12.0 Å². The highest BCUT2D eigenvalue weighted by atomic mass is 16.5. The van der Waals surface area contributed by atoms with E-state index in [1.807, 2.05) is 20.8 Å². The molecule has 1 unspecified atom stereocenters. The number of carbonyl (C=O) groups is 2. The quantitative estimate of drug-likeness (QED) is 0.678. The number of benzene rings is 1. The first-order valence-corrected chi connectivity index (χ1v) is 6.62. The van der Waals surface area contributed by atoms with Crippen LogP contribution in [0, 0.1) is 11.3 Å². The SMILES string of the molecule is COc1cc(N2C(=O)CC(C)(C(C)C)C2=O)ccc1N. The Morgan fingerprint density at radius 3 is 2.50 bits per heavy atom. The average Bonchev–Trinajstić information content (AvgIpc) is 2.62. The van der Waals surface area contributed by atoms with Crippen LogP contribution in [-0.2, 0) is 9.59 Å². The summed E-state index contributed by atoms with van der Waals surface area (Å²) in [5, 5.41) is 0. The lowest BCUT2D eigenvalue weighted by molar-refractivity contribution is -0.126. The van der Waals surface area contributed by atoms with Gasteiger partial charge in [0.05, 0.1) is 23.9 Å². The molecule has 1 saturated heterocycles. The fraction of sp³-hybridized carbons (Fsp3) is 0.467. The first kappa shape index (κ1) is 14.4. The van der Waals surface area contributed by atoms with Crippen LogP contribution in [0.3, 0.4) is 0 Å². The summed E-state index contributed by atoms with van der Waals surface area (Å²) in [6.45, 7) is 5.75. The first-order valence-electron chi connectivity index (χ1n) is 6.62. The predicted molar refractivity (Wildman–Crippen MR) is 77.5 cm³/mol. The summed E-state index contributed by atoms with van der Waals surface area (Å²) in [7, 11) is 1.50. The number of nitrogens with two attached hydrogens (primary N) is 1. The van der Waals surface area contributed by atoms with Crippen molar-refractivity contribution < 1.29 is 14.3 Å². The van der Waals surface area contributed by atoms with Crippen molar-refractivity contribution in [1.29, 1.82) is 0 Å². The standard InChI is InChI=1S/C15H20N2O3/c1-9(2)15(3)8-13(18)17(14(15)19)10-5-6-11(16)12(7-10)20-4/h5-7,9H,8,16H2,1-4H3. The summed E-state index contributed by atoms with van der Waals surface area (Å²) in [5.74, 6) is 0.211. The van der Waals surface area contributed by atoms with E-state index in [1.54, 1.807) is 18.2 Å². The third-order valence-corrected chi connectivity index (χ3v) is 4.21. The number of hydrogen-bond acceptors (Lipinski definition) is 4.